The number of H-pyrrole nitrogens is 1. The predicted molar refractivity (Wildman–Crippen MR) is 98.6 cm³/mol. The molecule has 24 heavy (non-hydrogen) atoms. The van der Waals surface area contributed by atoms with Gasteiger partial charge in [0.2, 0.25) is 5.91 Å². The smallest absolute Gasteiger partial charge is 0.249 e. The molecular formula is C18H26ClN3O2. The summed E-state index contributed by atoms with van der Waals surface area (Å²) in [7, 11) is 0. The molecule has 1 fully saturated rings. The summed E-state index contributed by atoms with van der Waals surface area (Å²) >= 11 is 0. The number of aryl methyl sites for hydroxylation is 3. The summed E-state index contributed by atoms with van der Waals surface area (Å²) in [5.74, 6) is -0.0457. The number of benzene rings is 1. The number of hydrogen-bond donors (Lipinski definition) is 3. The molecule has 0 saturated carbocycles. The molecule has 0 aliphatic carbocycles. The van der Waals surface area contributed by atoms with E-state index < -0.39 is 0 Å². The van der Waals surface area contributed by atoms with Crippen LogP contribution in [-0.2, 0) is 16.1 Å². The molecular weight excluding hydrogens is 326 g/mol. The van der Waals surface area contributed by atoms with Crippen molar-refractivity contribution in [1.29, 1.82) is 0 Å². The Labute approximate surface area is 148 Å². The van der Waals surface area contributed by atoms with Crippen LogP contribution in [0.2, 0.25) is 0 Å². The van der Waals surface area contributed by atoms with Crippen LogP contribution >= 0.6 is 12.4 Å². The molecule has 6 heteroatoms. The molecule has 1 amide bonds. The van der Waals surface area contributed by atoms with Gasteiger partial charge in [-0.1, -0.05) is 11.6 Å². The van der Waals surface area contributed by atoms with Crippen molar-refractivity contribution in [1.82, 2.24) is 10.3 Å². The molecule has 132 valence electrons. The third-order valence-corrected chi connectivity index (χ3v) is 4.76. The lowest BCUT2D eigenvalue weighted by Crippen LogP contribution is -2.35. The topological polar surface area (TPSA) is 80.1 Å². The first-order valence-corrected chi connectivity index (χ1v) is 8.21. The second-order valence-corrected chi connectivity index (χ2v) is 6.50. The second kappa shape index (κ2) is 7.55. The van der Waals surface area contributed by atoms with Crippen molar-refractivity contribution in [2.75, 3.05) is 6.54 Å². The largest absolute Gasteiger partial charge is 0.364 e. The summed E-state index contributed by atoms with van der Waals surface area (Å²) in [6.07, 6.45) is 1.26. The van der Waals surface area contributed by atoms with Gasteiger partial charge < -0.3 is 20.8 Å². The Kier molecular flexibility index (Phi) is 5.91. The van der Waals surface area contributed by atoms with Crippen LogP contribution in [0.5, 0.6) is 0 Å². The van der Waals surface area contributed by atoms with E-state index in [1.54, 1.807) is 0 Å². The fraction of sp³-hybridized carbons (Fsp3) is 0.500. The molecule has 2 aromatic rings. The Bertz CT molecular complexity index is 741. The average molecular weight is 352 g/mol. The highest BCUT2D eigenvalue weighted by molar-refractivity contribution is 5.88. The summed E-state index contributed by atoms with van der Waals surface area (Å²) in [6.45, 7) is 7.26. The van der Waals surface area contributed by atoms with Crippen LogP contribution in [0.25, 0.3) is 10.9 Å². The third kappa shape index (κ3) is 3.58. The first kappa shape index (κ1) is 18.8. The van der Waals surface area contributed by atoms with Crippen LogP contribution in [0.1, 0.15) is 35.2 Å². The van der Waals surface area contributed by atoms with Gasteiger partial charge in [0, 0.05) is 24.2 Å². The van der Waals surface area contributed by atoms with Crippen molar-refractivity contribution >= 4 is 29.2 Å². The van der Waals surface area contributed by atoms with Crippen molar-refractivity contribution in [2.45, 2.75) is 52.4 Å². The van der Waals surface area contributed by atoms with E-state index in [0.717, 1.165) is 23.9 Å². The van der Waals surface area contributed by atoms with Crippen LogP contribution < -0.4 is 11.1 Å². The van der Waals surface area contributed by atoms with E-state index in [4.69, 9.17) is 10.5 Å². The van der Waals surface area contributed by atoms with E-state index in [2.05, 4.69) is 43.2 Å². The quantitative estimate of drug-likeness (QED) is 0.792. The second-order valence-electron chi connectivity index (χ2n) is 6.50. The van der Waals surface area contributed by atoms with Gasteiger partial charge in [-0.25, -0.2) is 0 Å². The van der Waals surface area contributed by atoms with Crippen molar-refractivity contribution in [3.05, 3.63) is 34.5 Å². The maximum absolute atomic E-state index is 12.3. The minimum Gasteiger partial charge on any atom is -0.364 e. The number of carbonyl (C=O) groups is 1. The lowest BCUT2D eigenvalue weighted by atomic mass is 10.0. The first-order valence-electron chi connectivity index (χ1n) is 8.21. The fourth-order valence-corrected chi connectivity index (χ4v) is 3.30. The van der Waals surface area contributed by atoms with Crippen molar-refractivity contribution in [3.8, 4) is 0 Å². The normalized spacial score (nSPS) is 20.2. The van der Waals surface area contributed by atoms with Crippen LogP contribution in [0.15, 0.2) is 12.1 Å². The number of halogens is 1. The first-order chi connectivity index (χ1) is 11.0. The van der Waals surface area contributed by atoms with Crippen LogP contribution in [0, 0.1) is 20.8 Å². The highest BCUT2D eigenvalue weighted by Gasteiger charge is 2.29. The fourth-order valence-electron chi connectivity index (χ4n) is 3.30. The molecule has 1 aliphatic rings. The standard InChI is InChI=1S/C18H25N3O2.ClH/c1-10-6-13(17-15(7-10)11(2)12(3)21-17)9-20-18(22)16-5-4-14(8-19)23-16;/h6-7,14,16,21H,4-5,8-9,19H2,1-3H3,(H,20,22);1H/t14-,16+;/m1./s1. The number of nitrogens with one attached hydrogen (secondary N) is 2. The third-order valence-electron chi connectivity index (χ3n) is 4.76. The van der Waals surface area contributed by atoms with Crippen molar-refractivity contribution in [2.24, 2.45) is 5.73 Å². The summed E-state index contributed by atoms with van der Waals surface area (Å²) < 4.78 is 5.65. The van der Waals surface area contributed by atoms with E-state index in [9.17, 15) is 4.79 Å². The number of nitrogens with two attached hydrogens (primary N) is 1. The van der Waals surface area contributed by atoms with E-state index in [0.29, 0.717) is 13.1 Å². The van der Waals surface area contributed by atoms with Gasteiger partial charge in [0.15, 0.2) is 0 Å². The van der Waals surface area contributed by atoms with Crippen molar-refractivity contribution in [3.63, 3.8) is 0 Å². The molecule has 1 aromatic carbocycles. The summed E-state index contributed by atoms with van der Waals surface area (Å²) in [5.41, 5.74) is 11.4. The Hall–Kier alpha value is -1.56. The zero-order chi connectivity index (χ0) is 16.6. The molecule has 3 rings (SSSR count). The maximum atomic E-state index is 12.3. The number of aromatic amines is 1. The Morgan fingerprint density at radius 2 is 2.08 bits per heavy atom. The number of hydrogen-bond acceptors (Lipinski definition) is 3. The van der Waals surface area contributed by atoms with Gasteiger partial charge in [-0.2, -0.15) is 0 Å². The molecule has 0 radical (unpaired) electrons. The van der Waals surface area contributed by atoms with Gasteiger partial charge in [-0.3, -0.25) is 4.79 Å². The van der Waals surface area contributed by atoms with Gasteiger partial charge in [0.1, 0.15) is 6.10 Å². The van der Waals surface area contributed by atoms with Gasteiger partial charge in [0.05, 0.1) is 11.6 Å². The van der Waals surface area contributed by atoms with E-state index in [1.165, 1.54) is 22.2 Å². The lowest BCUT2D eigenvalue weighted by molar-refractivity contribution is -0.132. The van der Waals surface area contributed by atoms with Gasteiger partial charge in [-0.15, -0.1) is 12.4 Å². The number of amides is 1. The molecule has 0 unspecified atom stereocenters. The molecule has 5 nitrogen and oxygen atoms in total. The van der Waals surface area contributed by atoms with E-state index in [-0.39, 0.29) is 30.5 Å². The average Bonchev–Trinajstić information content (AvgIpc) is 3.12. The van der Waals surface area contributed by atoms with E-state index in [1.807, 2.05) is 0 Å². The highest BCUT2D eigenvalue weighted by Crippen LogP contribution is 2.26. The van der Waals surface area contributed by atoms with Crippen LogP contribution in [0.4, 0.5) is 0 Å². The summed E-state index contributed by atoms with van der Waals surface area (Å²) in [4.78, 5) is 15.7. The molecule has 2 heterocycles. The monoisotopic (exact) mass is 351 g/mol. The zero-order valence-electron chi connectivity index (χ0n) is 14.4. The molecule has 0 spiro atoms. The minimum absolute atomic E-state index is 0. The van der Waals surface area contributed by atoms with Crippen molar-refractivity contribution < 1.29 is 9.53 Å². The van der Waals surface area contributed by atoms with Crippen LogP contribution in [-0.4, -0.2) is 29.6 Å². The molecule has 1 aliphatic heterocycles. The van der Waals surface area contributed by atoms with Gasteiger partial charge >= 0.3 is 0 Å². The lowest BCUT2D eigenvalue weighted by Gasteiger charge is -2.13. The number of aromatic nitrogens is 1. The highest BCUT2D eigenvalue weighted by atomic mass is 35.5. The van der Waals surface area contributed by atoms with Gasteiger partial charge in [0.25, 0.3) is 0 Å². The Morgan fingerprint density at radius 1 is 1.33 bits per heavy atom. The number of carbonyl (C=O) groups excluding carboxylic acids is 1. The maximum Gasteiger partial charge on any atom is 0.249 e. The Morgan fingerprint density at radius 3 is 2.75 bits per heavy atom. The van der Waals surface area contributed by atoms with Crippen LogP contribution in [0.3, 0.4) is 0 Å². The zero-order valence-corrected chi connectivity index (χ0v) is 15.3. The molecule has 2 atom stereocenters. The predicted octanol–water partition coefficient (Wildman–Crippen LogP) is 2.64. The summed E-state index contributed by atoms with van der Waals surface area (Å²) in [6, 6.07) is 4.31. The molecule has 1 saturated heterocycles. The minimum atomic E-state index is -0.365. The molecule has 1 aromatic heterocycles. The van der Waals surface area contributed by atoms with Gasteiger partial charge in [-0.05, 0) is 50.8 Å². The SMILES string of the molecule is Cc1cc(CNC(=O)[C@@H]2CC[C@H](CN)O2)c2[nH]c(C)c(C)c2c1.Cl. The molecule has 0 bridgehead atoms. The number of rotatable bonds is 4. The summed E-state index contributed by atoms with van der Waals surface area (Å²) in [5, 5.41) is 4.24. The number of fused-ring (bicyclic) bond motifs is 1. The van der Waals surface area contributed by atoms with E-state index >= 15 is 0 Å². The Balaban J connectivity index is 0.00000208. The molecule has 4 N–H and O–H groups in total. The number of ether oxygens (including phenoxy) is 1.